The van der Waals surface area contributed by atoms with Crippen molar-refractivity contribution in [1.29, 1.82) is 0 Å². The zero-order chi connectivity index (χ0) is 18.9. The van der Waals surface area contributed by atoms with Gasteiger partial charge >= 0.3 is 0 Å². The van der Waals surface area contributed by atoms with Crippen LogP contribution in [-0.2, 0) is 25.4 Å². The molecule has 0 aromatic heterocycles. The molecule has 0 radical (unpaired) electrons. The van der Waals surface area contributed by atoms with Crippen LogP contribution in [-0.4, -0.2) is 54.1 Å². The van der Waals surface area contributed by atoms with Crippen molar-refractivity contribution in [3.05, 3.63) is 29.8 Å². The van der Waals surface area contributed by atoms with Crippen molar-refractivity contribution in [2.45, 2.75) is 70.5 Å². The van der Waals surface area contributed by atoms with Gasteiger partial charge in [-0.3, -0.25) is 4.79 Å². The van der Waals surface area contributed by atoms with Crippen LogP contribution >= 0.6 is 0 Å². The highest BCUT2D eigenvalue weighted by Gasteiger charge is 2.52. The molecule has 3 rings (SSSR count). The normalized spacial score (nSPS) is 33.2. The van der Waals surface area contributed by atoms with Crippen molar-refractivity contribution in [1.82, 2.24) is 5.32 Å². The van der Waals surface area contributed by atoms with Crippen molar-refractivity contribution < 1.29 is 28.8 Å². The lowest BCUT2D eigenvalue weighted by molar-refractivity contribution is -0.361. The van der Waals surface area contributed by atoms with E-state index in [0.29, 0.717) is 5.75 Å². The molecule has 1 amide bonds. The van der Waals surface area contributed by atoms with Crippen molar-refractivity contribution >= 4 is 5.91 Å². The second-order valence-electron chi connectivity index (χ2n) is 7.17. The quantitative estimate of drug-likeness (QED) is 0.838. The van der Waals surface area contributed by atoms with Gasteiger partial charge in [0.25, 0.3) is 0 Å². The number of benzene rings is 1. The number of aliphatic hydroxyl groups is 1. The van der Waals surface area contributed by atoms with Crippen LogP contribution in [0.1, 0.15) is 33.3 Å². The van der Waals surface area contributed by atoms with Crippen LogP contribution in [0.4, 0.5) is 0 Å². The van der Waals surface area contributed by atoms with Crippen molar-refractivity contribution in [3.8, 4) is 5.75 Å². The molecule has 1 aromatic carbocycles. The fourth-order valence-electron chi connectivity index (χ4n) is 3.31. The Balaban J connectivity index is 1.81. The summed E-state index contributed by atoms with van der Waals surface area (Å²) in [4.78, 5) is 11.6. The Morgan fingerprint density at radius 2 is 2.19 bits per heavy atom. The van der Waals surface area contributed by atoms with E-state index in [1.165, 1.54) is 6.92 Å². The SMILES string of the molecule is CCc1cccc(O[C@@H]2O[C@@H]3COC(C)(C)O[C@@H]3[C@@H](O)[C@@H]2NC(C)=O)c1. The van der Waals surface area contributed by atoms with E-state index in [0.717, 1.165) is 12.0 Å². The topological polar surface area (TPSA) is 86.2 Å². The largest absolute Gasteiger partial charge is 0.463 e. The highest BCUT2D eigenvalue weighted by Crippen LogP contribution is 2.33. The van der Waals surface area contributed by atoms with Gasteiger partial charge in [0, 0.05) is 6.92 Å². The van der Waals surface area contributed by atoms with E-state index in [4.69, 9.17) is 18.9 Å². The first-order valence-corrected chi connectivity index (χ1v) is 8.97. The molecular formula is C19H27NO6. The summed E-state index contributed by atoms with van der Waals surface area (Å²) >= 11 is 0. The number of aryl methyl sites for hydroxylation is 1. The lowest BCUT2D eigenvalue weighted by Gasteiger charge is -2.49. The number of hydrogen-bond acceptors (Lipinski definition) is 6. The number of nitrogens with one attached hydrogen (secondary N) is 1. The summed E-state index contributed by atoms with van der Waals surface area (Å²) in [6, 6.07) is 6.90. The van der Waals surface area contributed by atoms with Gasteiger partial charge < -0.3 is 29.4 Å². The van der Waals surface area contributed by atoms with Crippen LogP contribution < -0.4 is 10.1 Å². The minimum atomic E-state index is -0.986. The Kier molecular flexibility index (Phi) is 5.53. The van der Waals surface area contributed by atoms with Crippen LogP contribution in [0.3, 0.4) is 0 Å². The highest BCUT2D eigenvalue weighted by molar-refractivity contribution is 5.73. The molecule has 7 nitrogen and oxygen atoms in total. The fourth-order valence-corrected chi connectivity index (χ4v) is 3.31. The first-order valence-electron chi connectivity index (χ1n) is 8.97. The maximum absolute atomic E-state index is 11.6. The molecule has 26 heavy (non-hydrogen) atoms. The number of amides is 1. The Hall–Kier alpha value is -1.67. The van der Waals surface area contributed by atoms with Gasteiger partial charge in [0.05, 0.1) is 6.61 Å². The Bertz CT molecular complexity index is 649. The van der Waals surface area contributed by atoms with Gasteiger partial charge in [-0.1, -0.05) is 19.1 Å². The first kappa shape index (κ1) is 19.1. The van der Waals surface area contributed by atoms with Gasteiger partial charge in [-0.25, -0.2) is 0 Å². The maximum atomic E-state index is 11.6. The van der Waals surface area contributed by atoms with Gasteiger partial charge in [-0.05, 0) is 38.0 Å². The molecule has 2 aliphatic rings. The molecule has 2 saturated heterocycles. The van der Waals surface area contributed by atoms with Gasteiger partial charge in [0.2, 0.25) is 12.2 Å². The van der Waals surface area contributed by atoms with E-state index in [-0.39, 0.29) is 12.5 Å². The van der Waals surface area contributed by atoms with Crippen LogP contribution in [0.25, 0.3) is 0 Å². The number of fused-ring (bicyclic) bond motifs is 1. The predicted molar refractivity (Wildman–Crippen MR) is 93.6 cm³/mol. The smallest absolute Gasteiger partial charge is 0.223 e. The third-order valence-electron chi connectivity index (χ3n) is 4.62. The minimum Gasteiger partial charge on any atom is -0.463 e. The molecule has 5 atom stereocenters. The average molecular weight is 365 g/mol. The Labute approximate surface area is 153 Å². The molecule has 0 bridgehead atoms. The summed E-state index contributed by atoms with van der Waals surface area (Å²) in [5, 5.41) is 13.6. The number of ether oxygens (including phenoxy) is 4. The summed E-state index contributed by atoms with van der Waals surface area (Å²) in [5.74, 6) is -0.484. The molecular weight excluding hydrogens is 338 g/mol. The minimum absolute atomic E-state index is 0.274. The lowest BCUT2D eigenvalue weighted by Crippen LogP contribution is -2.69. The molecule has 2 fully saturated rings. The molecule has 0 unspecified atom stereocenters. The van der Waals surface area contributed by atoms with E-state index in [2.05, 4.69) is 12.2 Å². The predicted octanol–water partition coefficient (Wildman–Crippen LogP) is 1.37. The van der Waals surface area contributed by atoms with E-state index in [1.54, 1.807) is 13.8 Å². The summed E-state index contributed by atoms with van der Waals surface area (Å²) in [7, 11) is 0. The van der Waals surface area contributed by atoms with Gasteiger partial charge in [-0.2, -0.15) is 0 Å². The molecule has 0 saturated carbocycles. The third-order valence-corrected chi connectivity index (χ3v) is 4.62. The van der Waals surface area contributed by atoms with Gasteiger partial charge in [-0.15, -0.1) is 0 Å². The van der Waals surface area contributed by atoms with Crippen molar-refractivity contribution in [2.24, 2.45) is 0 Å². The highest BCUT2D eigenvalue weighted by atomic mass is 16.8. The summed E-state index contributed by atoms with van der Waals surface area (Å²) in [5.41, 5.74) is 1.12. The van der Waals surface area contributed by atoms with Crippen LogP contribution in [0.15, 0.2) is 24.3 Å². The molecule has 0 aliphatic carbocycles. The van der Waals surface area contributed by atoms with E-state index >= 15 is 0 Å². The van der Waals surface area contributed by atoms with Gasteiger partial charge in [0.1, 0.15) is 30.1 Å². The maximum Gasteiger partial charge on any atom is 0.223 e. The van der Waals surface area contributed by atoms with Gasteiger partial charge in [0.15, 0.2) is 5.79 Å². The van der Waals surface area contributed by atoms with Crippen LogP contribution in [0, 0.1) is 0 Å². The average Bonchev–Trinajstić information content (AvgIpc) is 2.58. The molecule has 144 valence electrons. The second kappa shape index (κ2) is 7.52. The van der Waals surface area contributed by atoms with Crippen molar-refractivity contribution in [2.75, 3.05) is 6.61 Å². The summed E-state index contributed by atoms with van der Waals surface area (Å²) in [6.07, 6.45) is -2.06. The molecule has 1 aromatic rings. The zero-order valence-electron chi connectivity index (χ0n) is 15.6. The molecule has 0 spiro atoms. The third kappa shape index (κ3) is 4.17. The lowest BCUT2D eigenvalue weighted by atomic mass is 9.95. The van der Waals surface area contributed by atoms with Crippen LogP contribution in [0.5, 0.6) is 5.75 Å². The van der Waals surface area contributed by atoms with E-state index in [9.17, 15) is 9.90 Å². The summed E-state index contributed by atoms with van der Waals surface area (Å²) < 4.78 is 23.4. The Morgan fingerprint density at radius 1 is 1.42 bits per heavy atom. The molecule has 2 N–H and O–H groups in total. The van der Waals surface area contributed by atoms with Crippen LogP contribution in [0.2, 0.25) is 0 Å². The molecule has 2 aliphatic heterocycles. The second-order valence-corrected chi connectivity index (χ2v) is 7.17. The molecule has 7 heteroatoms. The number of carbonyl (C=O) groups is 1. The number of hydrogen-bond donors (Lipinski definition) is 2. The van der Waals surface area contributed by atoms with Crippen molar-refractivity contribution in [3.63, 3.8) is 0 Å². The standard InChI is InChI=1S/C19H27NO6/c1-5-12-7-6-8-13(9-12)24-18-15(20-11(2)21)16(22)17-14(25-18)10-23-19(3,4)26-17/h6-9,14-18,22H,5,10H2,1-4H3,(H,20,21)/t14-,15+,16+,17+,18-/m1/s1. The monoisotopic (exact) mass is 365 g/mol. The number of carbonyl (C=O) groups excluding carboxylic acids is 1. The zero-order valence-corrected chi connectivity index (χ0v) is 15.6. The van der Waals surface area contributed by atoms with E-state index < -0.39 is 36.4 Å². The van der Waals surface area contributed by atoms with E-state index in [1.807, 2.05) is 24.3 Å². The fraction of sp³-hybridized carbons (Fsp3) is 0.632. The first-order chi connectivity index (χ1) is 12.3. The Morgan fingerprint density at radius 3 is 2.88 bits per heavy atom. The summed E-state index contributed by atoms with van der Waals surface area (Å²) in [6.45, 7) is 7.28. The number of aliphatic hydroxyl groups excluding tert-OH is 1. The number of rotatable bonds is 4. The molecule has 2 heterocycles.